The molecule has 3 aliphatic heterocycles. The second kappa shape index (κ2) is 8.83. The average Bonchev–Trinajstić information content (AvgIpc) is 3.24. The minimum Gasteiger partial charge on any atom is -0.378 e. The molecular weight excluding hydrogens is 372 g/mol. The minimum atomic E-state index is -0.187. The summed E-state index contributed by atoms with van der Waals surface area (Å²) in [6.45, 7) is 7.53. The molecule has 160 valence electrons. The van der Waals surface area contributed by atoms with Crippen LogP contribution in [0, 0.1) is 5.92 Å². The highest BCUT2D eigenvalue weighted by Gasteiger charge is 2.42. The Labute approximate surface area is 172 Å². The summed E-state index contributed by atoms with van der Waals surface area (Å²) in [5, 5.41) is 4.34. The Morgan fingerprint density at radius 3 is 2.59 bits per heavy atom. The van der Waals surface area contributed by atoms with E-state index in [1.54, 1.807) is 10.7 Å². The van der Waals surface area contributed by atoms with Gasteiger partial charge in [0.25, 0.3) is 5.91 Å². The van der Waals surface area contributed by atoms with Crippen LogP contribution in [0.1, 0.15) is 49.5 Å². The van der Waals surface area contributed by atoms with E-state index in [2.05, 4.69) is 5.10 Å². The lowest BCUT2D eigenvalue weighted by Gasteiger charge is -2.46. The predicted molar refractivity (Wildman–Crippen MR) is 106 cm³/mol. The maximum absolute atomic E-state index is 12.7. The van der Waals surface area contributed by atoms with Gasteiger partial charge in [0.1, 0.15) is 5.69 Å². The van der Waals surface area contributed by atoms with Crippen LogP contribution in [0.2, 0.25) is 0 Å². The first-order valence-corrected chi connectivity index (χ1v) is 10.9. The molecule has 0 aliphatic carbocycles. The van der Waals surface area contributed by atoms with E-state index in [9.17, 15) is 9.59 Å². The fourth-order valence-corrected chi connectivity index (χ4v) is 4.77. The number of rotatable bonds is 4. The van der Waals surface area contributed by atoms with Gasteiger partial charge < -0.3 is 19.3 Å². The van der Waals surface area contributed by atoms with E-state index in [-0.39, 0.29) is 17.4 Å². The lowest BCUT2D eigenvalue weighted by atomic mass is 9.78. The van der Waals surface area contributed by atoms with E-state index in [1.165, 1.54) is 0 Å². The van der Waals surface area contributed by atoms with Gasteiger partial charge in [-0.15, -0.1) is 0 Å². The summed E-state index contributed by atoms with van der Waals surface area (Å²) in [6, 6.07) is 1.79. The van der Waals surface area contributed by atoms with Crippen LogP contribution in [0.5, 0.6) is 0 Å². The van der Waals surface area contributed by atoms with Crippen LogP contribution >= 0.6 is 0 Å². The van der Waals surface area contributed by atoms with Gasteiger partial charge >= 0.3 is 0 Å². The molecule has 1 unspecified atom stereocenters. The van der Waals surface area contributed by atoms with E-state index >= 15 is 0 Å². The fourth-order valence-electron chi connectivity index (χ4n) is 4.77. The Morgan fingerprint density at radius 2 is 1.90 bits per heavy atom. The molecule has 4 rings (SSSR count). The number of nitrogens with zero attached hydrogens (tertiary/aromatic N) is 4. The van der Waals surface area contributed by atoms with Gasteiger partial charge in [-0.1, -0.05) is 0 Å². The van der Waals surface area contributed by atoms with Gasteiger partial charge in [-0.3, -0.25) is 14.3 Å². The van der Waals surface area contributed by atoms with Crippen molar-refractivity contribution in [2.75, 3.05) is 46.0 Å². The zero-order valence-corrected chi connectivity index (χ0v) is 17.3. The zero-order chi connectivity index (χ0) is 20.3. The third-order valence-corrected chi connectivity index (χ3v) is 6.57. The van der Waals surface area contributed by atoms with E-state index in [0.29, 0.717) is 64.0 Å². The van der Waals surface area contributed by atoms with Gasteiger partial charge in [-0.25, -0.2) is 0 Å². The highest BCUT2D eigenvalue weighted by atomic mass is 16.5. The topological polar surface area (TPSA) is 76.9 Å². The molecule has 1 aromatic heterocycles. The van der Waals surface area contributed by atoms with E-state index in [0.717, 1.165) is 32.2 Å². The fraction of sp³-hybridized carbons (Fsp3) is 0.762. The van der Waals surface area contributed by atoms with Gasteiger partial charge in [0.05, 0.1) is 18.8 Å². The molecule has 0 N–H and O–H groups in total. The third-order valence-electron chi connectivity index (χ3n) is 6.57. The monoisotopic (exact) mass is 404 g/mol. The Bertz CT molecular complexity index is 720. The number of piperidine rings is 1. The van der Waals surface area contributed by atoms with Gasteiger partial charge in [0.2, 0.25) is 5.91 Å². The van der Waals surface area contributed by atoms with Gasteiger partial charge in [0, 0.05) is 51.9 Å². The summed E-state index contributed by atoms with van der Waals surface area (Å²) in [7, 11) is 0. The highest BCUT2D eigenvalue weighted by molar-refractivity contribution is 5.92. The van der Waals surface area contributed by atoms with Crippen LogP contribution < -0.4 is 0 Å². The molecule has 3 aliphatic rings. The molecule has 0 radical (unpaired) electrons. The molecule has 8 nitrogen and oxygen atoms in total. The van der Waals surface area contributed by atoms with Crippen molar-refractivity contribution in [3.05, 3.63) is 18.0 Å². The first-order valence-electron chi connectivity index (χ1n) is 10.9. The van der Waals surface area contributed by atoms with Gasteiger partial charge in [0.15, 0.2) is 0 Å². The van der Waals surface area contributed by atoms with E-state index in [1.807, 2.05) is 22.9 Å². The highest BCUT2D eigenvalue weighted by Crippen LogP contribution is 2.39. The molecule has 0 aromatic carbocycles. The molecule has 1 atom stereocenters. The van der Waals surface area contributed by atoms with E-state index < -0.39 is 0 Å². The normalized spacial score (nSPS) is 24.7. The molecule has 1 spiro atoms. The largest absolute Gasteiger partial charge is 0.378 e. The van der Waals surface area contributed by atoms with Crippen LogP contribution in [-0.2, 0) is 20.8 Å². The summed E-state index contributed by atoms with van der Waals surface area (Å²) in [4.78, 5) is 29.2. The lowest BCUT2D eigenvalue weighted by Crippen LogP contribution is -2.51. The molecular formula is C21H32N4O4. The quantitative estimate of drug-likeness (QED) is 0.761. The first kappa shape index (κ1) is 20.3. The Hall–Kier alpha value is -1.93. The smallest absolute Gasteiger partial charge is 0.274 e. The molecule has 0 saturated carbocycles. The number of aryl methyl sites for hydroxylation is 1. The minimum absolute atomic E-state index is 0.00176. The maximum atomic E-state index is 12.7. The summed E-state index contributed by atoms with van der Waals surface area (Å²) in [6.07, 6.45) is 5.96. The van der Waals surface area contributed by atoms with Crippen LogP contribution in [-0.4, -0.2) is 83.0 Å². The number of hydrogen-bond donors (Lipinski definition) is 0. The van der Waals surface area contributed by atoms with Crippen molar-refractivity contribution in [3.63, 3.8) is 0 Å². The van der Waals surface area contributed by atoms with Crippen molar-refractivity contribution < 1.29 is 19.1 Å². The van der Waals surface area contributed by atoms with Crippen LogP contribution in [0.25, 0.3) is 0 Å². The number of likely N-dealkylation sites (tertiary alicyclic amines) is 1. The van der Waals surface area contributed by atoms with E-state index in [4.69, 9.17) is 9.47 Å². The zero-order valence-electron chi connectivity index (χ0n) is 17.3. The molecule has 3 saturated heterocycles. The summed E-state index contributed by atoms with van der Waals surface area (Å²) < 4.78 is 13.3. The molecule has 0 bridgehead atoms. The van der Waals surface area contributed by atoms with Crippen molar-refractivity contribution in [2.45, 2.75) is 51.2 Å². The number of amides is 2. The van der Waals surface area contributed by atoms with Gasteiger partial charge in [-0.2, -0.15) is 5.10 Å². The number of carbonyl (C=O) groups excluding carboxylic acids is 2. The Morgan fingerprint density at radius 1 is 1.14 bits per heavy atom. The van der Waals surface area contributed by atoms with Crippen molar-refractivity contribution >= 4 is 11.8 Å². The Kier molecular flexibility index (Phi) is 6.20. The standard InChI is InChI=1S/C21H32N4O4/c1-2-25-7-3-18(22-25)20(27)24-8-5-21(6-9-24)16-17(4-12-29-21)15-19(26)23-10-13-28-14-11-23/h3,7,17H,2,4-6,8-16H2,1H3. The van der Waals surface area contributed by atoms with Crippen LogP contribution in [0.3, 0.4) is 0 Å². The second-order valence-corrected chi connectivity index (χ2v) is 8.44. The van der Waals surface area contributed by atoms with Crippen molar-refractivity contribution in [2.24, 2.45) is 5.92 Å². The molecule has 2 amide bonds. The average molecular weight is 405 g/mol. The molecule has 1 aromatic rings. The molecule has 8 heteroatoms. The number of ether oxygens (including phenoxy) is 2. The van der Waals surface area contributed by atoms with Gasteiger partial charge in [-0.05, 0) is 44.6 Å². The lowest BCUT2D eigenvalue weighted by molar-refractivity contribution is -0.143. The maximum Gasteiger partial charge on any atom is 0.274 e. The van der Waals surface area contributed by atoms with Crippen LogP contribution in [0.4, 0.5) is 0 Å². The number of morpholine rings is 1. The number of hydrogen-bond acceptors (Lipinski definition) is 5. The summed E-state index contributed by atoms with van der Waals surface area (Å²) in [5.74, 6) is 0.609. The van der Waals surface area contributed by atoms with Crippen molar-refractivity contribution in [1.29, 1.82) is 0 Å². The third kappa shape index (κ3) is 4.64. The predicted octanol–water partition coefficient (Wildman–Crippen LogP) is 1.55. The van der Waals surface area contributed by atoms with Crippen LogP contribution in [0.15, 0.2) is 12.3 Å². The molecule has 4 heterocycles. The molecule has 3 fully saturated rings. The van der Waals surface area contributed by atoms with Crippen molar-refractivity contribution in [1.82, 2.24) is 19.6 Å². The van der Waals surface area contributed by atoms with Crippen molar-refractivity contribution in [3.8, 4) is 0 Å². The first-order chi connectivity index (χ1) is 14.1. The Balaban J connectivity index is 1.30. The summed E-state index contributed by atoms with van der Waals surface area (Å²) in [5.41, 5.74) is 0.328. The second-order valence-electron chi connectivity index (χ2n) is 8.44. The number of carbonyl (C=O) groups is 2. The summed E-state index contributed by atoms with van der Waals surface area (Å²) >= 11 is 0. The molecule has 29 heavy (non-hydrogen) atoms. The SMILES string of the molecule is CCn1ccc(C(=O)N2CCC3(CC2)CC(CC(=O)N2CCOCC2)CCO3)n1. The number of aromatic nitrogens is 2.